The van der Waals surface area contributed by atoms with Crippen molar-refractivity contribution in [3.05, 3.63) is 71.0 Å². The lowest BCUT2D eigenvalue weighted by Gasteiger charge is -2.15. The zero-order valence-electron chi connectivity index (χ0n) is 14.1. The summed E-state index contributed by atoms with van der Waals surface area (Å²) in [7, 11) is 0. The van der Waals surface area contributed by atoms with E-state index in [1.54, 1.807) is 11.0 Å². The molecule has 8 heteroatoms. The number of halogens is 1. The number of nitrogens with zero attached hydrogens (tertiary/aromatic N) is 3. The van der Waals surface area contributed by atoms with E-state index < -0.39 is 11.7 Å². The topological polar surface area (TPSA) is 75.2 Å². The smallest absolute Gasteiger partial charge is 0.260 e. The summed E-state index contributed by atoms with van der Waals surface area (Å²) in [6.07, 6.45) is 0.338. The molecule has 1 fully saturated rings. The Morgan fingerprint density at radius 1 is 1.11 bits per heavy atom. The third-order valence-electron chi connectivity index (χ3n) is 4.32. The minimum Gasteiger partial charge on any atom is -0.312 e. The molecule has 1 aliphatic rings. The van der Waals surface area contributed by atoms with Gasteiger partial charge >= 0.3 is 0 Å². The maximum atomic E-state index is 13.7. The van der Waals surface area contributed by atoms with Crippen LogP contribution in [-0.4, -0.2) is 28.6 Å². The van der Waals surface area contributed by atoms with Crippen LogP contribution in [0.1, 0.15) is 27.7 Å². The Bertz CT molecular complexity index is 992. The van der Waals surface area contributed by atoms with Crippen LogP contribution in [0.3, 0.4) is 0 Å². The first kappa shape index (κ1) is 17.3. The normalized spacial score (nSPS) is 16.6. The molecule has 2 heterocycles. The van der Waals surface area contributed by atoms with E-state index >= 15 is 0 Å². The van der Waals surface area contributed by atoms with Crippen molar-refractivity contribution in [1.82, 2.24) is 10.2 Å². The first-order valence-electron chi connectivity index (χ1n) is 8.36. The third-order valence-corrected chi connectivity index (χ3v) is 5.32. The number of nitrogens with one attached hydrogen (secondary N) is 1. The van der Waals surface area contributed by atoms with Gasteiger partial charge in [-0.15, -0.1) is 10.2 Å². The monoisotopic (exact) mass is 382 g/mol. The van der Waals surface area contributed by atoms with Gasteiger partial charge in [-0.3, -0.25) is 14.9 Å². The van der Waals surface area contributed by atoms with Crippen LogP contribution in [0.25, 0.3) is 0 Å². The van der Waals surface area contributed by atoms with E-state index in [9.17, 15) is 14.0 Å². The van der Waals surface area contributed by atoms with Gasteiger partial charge in [0.15, 0.2) is 0 Å². The van der Waals surface area contributed by atoms with Gasteiger partial charge in [-0.25, -0.2) is 4.39 Å². The lowest BCUT2D eigenvalue weighted by Crippen LogP contribution is -2.24. The third kappa shape index (κ3) is 3.56. The molecule has 1 aliphatic heterocycles. The van der Waals surface area contributed by atoms with Crippen LogP contribution in [0.2, 0.25) is 0 Å². The summed E-state index contributed by atoms with van der Waals surface area (Å²) in [5, 5.41) is 11.6. The molecule has 1 N–H and O–H groups in total. The van der Waals surface area contributed by atoms with E-state index in [0.29, 0.717) is 18.0 Å². The molecule has 6 nitrogen and oxygen atoms in total. The summed E-state index contributed by atoms with van der Waals surface area (Å²) in [6.45, 7) is 0.513. The van der Waals surface area contributed by atoms with E-state index in [2.05, 4.69) is 15.5 Å². The van der Waals surface area contributed by atoms with Crippen molar-refractivity contribution in [3.63, 3.8) is 0 Å². The summed E-state index contributed by atoms with van der Waals surface area (Å²) >= 11 is 1.20. The Kier molecular flexibility index (Phi) is 4.64. The van der Waals surface area contributed by atoms with Gasteiger partial charge in [-0.1, -0.05) is 41.7 Å². The van der Waals surface area contributed by atoms with Gasteiger partial charge in [0.1, 0.15) is 10.8 Å². The summed E-state index contributed by atoms with van der Waals surface area (Å²) in [5.74, 6) is -1.24. The molecule has 1 saturated heterocycles. The summed E-state index contributed by atoms with van der Waals surface area (Å²) in [4.78, 5) is 26.2. The van der Waals surface area contributed by atoms with Crippen molar-refractivity contribution >= 4 is 34.0 Å². The van der Waals surface area contributed by atoms with Crippen LogP contribution < -0.4 is 10.2 Å². The predicted molar refractivity (Wildman–Crippen MR) is 100 cm³/mol. The molecule has 136 valence electrons. The van der Waals surface area contributed by atoms with Crippen LogP contribution in [0.4, 0.5) is 15.2 Å². The Balaban J connectivity index is 1.46. The second kappa shape index (κ2) is 7.24. The SMILES string of the molecule is O=C(Nc1nnc([C@@H]2CC(=O)N(c3ccccc3)C2)s1)c1ccccc1F. The second-order valence-electron chi connectivity index (χ2n) is 6.12. The highest BCUT2D eigenvalue weighted by atomic mass is 32.1. The molecule has 2 aromatic carbocycles. The number of aromatic nitrogens is 2. The molecular formula is C19H15FN4O2S. The largest absolute Gasteiger partial charge is 0.312 e. The fourth-order valence-electron chi connectivity index (χ4n) is 2.99. The number of hydrogen-bond donors (Lipinski definition) is 1. The number of carbonyl (C=O) groups is 2. The first-order chi connectivity index (χ1) is 13.1. The number of anilines is 2. The van der Waals surface area contributed by atoms with Gasteiger partial charge in [-0.2, -0.15) is 0 Å². The van der Waals surface area contributed by atoms with E-state index in [1.165, 1.54) is 29.5 Å². The van der Waals surface area contributed by atoms with Crippen molar-refractivity contribution in [2.75, 3.05) is 16.8 Å². The number of hydrogen-bond acceptors (Lipinski definition) is 5. The highest BCUT2D eigenvalue weighted by molar-refractivity contribution is 7.15. The standard InChI is InChI=1S/C19H15FN4O2S/c20-15-9-5-4-8-14(15)17(26)21-19-23-22-18(27-19)12-10-16(25)24(11-12)13-6-2-1-3-7-13/h1-9,12H,10-11H2,(H,21,23,26)/t12-/m1/s1. The predicted octanol–water partition coefficient (Wildman–Crippen LogP) is 3.45. The molecule has 2 amide bonds. The Morgan fingerprint density at radius 2 is 1.85 bits per heavy atom. The van der Waals surface area contributed by atoms with Crippen LogP contribution in [-0.2, 0) is 4.79 Å². The van der Waals surface area contributed by atoms with E-state index in [4.69, 9.17) is 0 Å². The second-order valence-corrected chi connectivity index (χ2v) is 7.13. The van der Waals surface area contributed by atoms with Crippen LogP contribution in [0.15, 0.2) is 54.6 Å². The zero-order chi connectivity index (χ0) is 18.8. The minimum atomic E-state index is -0.598. The van der Waals surface area contributed by atoms with E-state index in [1.807, 2.05) is 30.3 Å². The average Bonchev–Trinajstić information content (AvgIpc) is 3.29. The molecular weight excluding hydrogens is 367 g/mol. The number of benzene rings is 2. The first-order valence-corrected chi connectivity index (χ1v) is 9.18. The van der Waals surface area contributed by atoms with E-state index in [-0.39, 0.29) is 22.5 Å². The number of rotatable bonds is 4. The van der Waals surface area contributed by atoms with Gasteiger partial charge < -0.3 is 4.90 Å². The number of carbonyl (C=O) groups excluding carboxylic acids is 2. The molecule has 0 spiro atoms. The molecule has 1 aromatic heterocycles. The van der Waals surface area contributed by atoms with Crippen molar-refractivity contribution in [3.8, 4) is 0 Å². The van der Waals surface area contributed by atoms with Crippen molar-refractivity contribution < 1.29 is 14.0 Å². The molecule has 0 saturated carbocycles. The molecule has 27 heavy (non-hydrogen) atoms. The van der Waals surface area contributed by atoms with Gasteiger partial charge in [0.2, 0.25) is 11.0 Å². The van der Waals surface area contributed by atoms with Gasteiger partial charge in [0.05, 0.1) is 5.56 Å². The maximum Gasteiger partial charge on any atom is 0.260 e. The van der Waals surface area contributed by atoms with Crippen LogP contribution in [0, 0.1) is 5.82 Å². The number of amides is 2. The fourth-order valence-corrected chi connectivity index (χ4v) is 3.82. The summed E-state index contributed by atoms with van der Waals surface area (Å²) in [5.41, 5.74) is 0.795. The zero-order valence-corrected chi connectivity index (χ0v) is 14.9. The highest BCUT2D eigenvalue weighted by Gasteiger charge is 2.33. The lowest BCUT2D eigenvalue weighted by molar-refractivity contribution is -0.117. The summed E-state index contributed by atoms with van der Waals surface area (Å²) < 4.78 is 13.7. The quantitative estimate of drug-likeness (QED) is 0.750. The van der Waals surface area contributed by atoms with Crippen molar-refractivity contribution in [1.29, 1.82) is 0 Å². The van der Waals surface area contributed by atoms with Crippen LogP contribution >= 0.6 is 11.3 Å². The molecule has 0 bridgehead atoms. The average molecular weight is 382 g/mol. The summed E-state index contributed by atoms with van der Waals surface area (Å²) in [6, 6.07) is 15.2. The minimum absolute atomic E-state index is 0.0262. The van der Waals surface area contributed by atoms with Gasteiger partial charge in [0.25, 0.3) is 5.91 Å². The van der Waals surface area contributed by atoms with Crippen molar-refractivity contribution in [2.24, 2.45) is 0 Å². The highest BCUT2D eigenvalue weighted by Crippen LogP contribution is 2.34. The van der Waals surface area contributed by atoms with Gasteiger partial charge in [-0.05, 0) is 24.3 Å². The molecule has 1 atom stereocenters. The lowest BCUT2D eigenvalue weighted by atomic mass is 10.1. The fraction of sp³-hybridized carbons (Fsp3) is 0.158. The molecule has 4 rings (SSSR count). The van der Waals surface area contributed by atoms with Crippen molar-refractivity contribution in [2.45, 2.75) is 12.3 Å². The Morgan fingerprint density at radius 3 is 2.63 bits per heavy atom. The maximum absolute atomic E-state index is 13.7. The molecule has 3 aromatic rings. The number of para-hydroxylation sites is 1. The molecule has 0 unspecified atom stereocenters. The van der Waals surface area contributed by atoms with Crippen LogP contribution in [0.5, 0.6) is 0 Å². The van der Waals surface area contributed by atoms with Gasteiger partial charge in [0, 0.05) is 24.6 Å². The molecule has 0 aliphatic carbocycles. The van der Waals surface area contributed by atoms with E-state index in [0.717, 1.165) is 5.69 Å². The molecule has 0 radical (unpaired) electrons. The Labute approximate surface area is 158 Å². The Hall–Kier alpha value is -3.13.